The molecule has 0 saturated carbocycles. The molecule has 1 atom stereocenters. The second kappa shape index (κ2) is 5.90. The van der Waals surface area contributed by atoms with Crippen LogP contribution in [0.3, 0.4) is 0 Å². The molecule has 1 unspecified atom stereocenters. The van der Waals surface area contributed by atoms with E-state index in [0.29, 0.717) is 4.86 Å². The maximum absolute atomic E-state index is 11.8. The molecule has 3 heteroatoms. The second-order valence-corrected chi connectivity index (χ2v) is 6.30. The lowest BCUT2D eigenvalue weighted by molar-refractivity contribution is -0.105. The standard InChI is InChI=1S/C17H14OS2/c18-17-16(19)14(11-20-17)15(12-7-3-1-4-8-12)13-9-5-2-6-10-13/h1-10,14-15H,11H2. The Balaban J connectivity index is 2.05. The molecule has 100 valence electrons. The maximum Gasteiger partial charge on any atom is 0.226 e. The Kier molecular flexibility index (Phi) is 3.99. The normalized spacial score (nSPS) is 18.8. The smallest absolute Gasteiger partial charge is 0.226 e. The predicted molar refractivity (Wildman–Crippen MR) is 88.3 cm³/mol. The van der Waals surface area contributed by atoms with Gasteiger partial charge in [0, 0.05) is 17.6 Å². The van der Waals surface area contributed by atoms with Crippen molar-refractivity contribution in [3.05, 3.63) is 71.8 Å². The Morgan fingerprint density at radius 1 is 0.950 bits per heavy atom. The molecule has 1 nitrogen and oxygen atoms in total. The minimum Gasteiger partial charge on any atom is -0.281 e. The van der Waals surface area contributed by atoms with E-state index in [0.717, 1.165) is 5.75 Å². The van der Waals surface area contributed by atoms with Gasteiger partial charge in [-0.1, -0.05) is 84.6 Å². The monoisotopic (exact) mass is 298 g/mol. The van der Waals surface area contributed by atoms with Gasteiger partial charge in [0.1, 0.15) is 0 Å². The summed E-state index contributed by atoms with van der Waals surface area (Å²) in [5.74, 6) is 1.07. The fraction of sp³-hybridized carbons (Fsp3) is 0.176. The van der Waals surface area contributed by atoms with Crippen LogP contribution in [-0.4, -0.2) is 15.7 Å². The maximum atomic E-state index is 11.8. The summed E-state index contributed by atoms with van der Waals surface area (Å²) in [5, 5.41) is 0.0712. The van der Waals surface area contributed by atoms with Crippen molar-refractivity contribution in [2.45, 2.75) is 5.92 Å². The largest absolute Gasteiger partial charge is 0.281 e. The molecule has 0 spiro atoms. The number of benzene rings is 2. The average molecular weight is 298 g/mol. The molecular weight excluding hydrogens is 284 g/mol. The first kappa shape index (κ1) is 13.5. The van der Waals surface area contributed by atoms with Gasteiger partial charge in [-0.2, -0.15) is 0 Å². The molecule has 1 heterocycles. The van der Waals surface area contributed by atoms with Gasteiger partial charge in [0.2, 0.25) is 5.12 Å². The highest BCUT2D eigenvalue weighted by Crippen LogP contribution is 2.39. The van der Waals surface area contributed by atoms with Crippen molar-refractivity contribution in [2.24, 2.45) is 5.92 Å². The molecule has 1 saturated heterocycles. The Labute approximate surface area is 128 Å². The minimum absolute atomic E-state index is 0.0712. The molecule has 0 N–H and O–H groups in total. The molecule has 1 fully saturated rings. The van der Waals surface area contributed by atoms with Gasteiger partial charge in [-0.05, 0) is 11.1 Å². The molecule has 0 amide bonds. The van der Waals surface area contributed by atoms with E-state index in [1.807, 2.05) is 36.4 Å². The van der Waals surface area contributed by atoms with Crippen LogP contribution >= 0.6 is 24.0 Å². The summed E-state index contributed by atoms with van der Waals surface area (Å²) >= 11 is 6.72. The van der Waals surface area contributed by atoms with Crippen molar-refractivity contribution in [1.82, 2.24) is 0 Å². The van der Waals surface area contributed by atoms with Crippen molar-refractivity contribution in [1.29, 1.82) is 0 Å². The summed E-state index contributed by atoms with van der Waals surface area (Å²) in [5.41, 5.74) is 2.45. The third-order valence-corrected chi connectivity index (χ3v) is 5.28. The lowest BCUT2D eigenvalue weighted by atomic mass is 9.80. The first-order valence-electron chi connectivity index (χ1n) is 6.58. The molecule has 0 aromatic heterocycles. The fourth-order valence-corrected chi connectivity index (χ4v) is 4.17. The first-order valence-corrected chi connectivity index (χ1v) is 7.97. The summed E-state index contributed by atoms with van der Waals surface area (Å²) in [6, 6.07) is 20.7. The third-order valence-electron chi connectivity index (χ3n) is 3.65. The average Bonchev–Trinajstić information content (AvgIpc) is 2.82. The first-order chi connectivity index (χ1) is 9.77. The molecule has 0 radical (unpaired) electrons. The Morgan fingerprint density at radius 3 is 1.85 bits per heavy atom. The molecule has 20 heavy (non-hydrogen) atoms. The third kappa shape index (κ3) is 2.56. The molecule has 3 rings (SSSR count). The van der Waals surface area contributed by atoms with E-state index in [1.54, 1.807) is 0 Å². The second-order valence-electron chi connectivity index (χ2n) is 4.87. The SMILES string of the molecule is O=C1SCC(C(c2ccccc2)c2ccccc2)C1=S. The van der Waals surface area contributed by atoms with Crippen LogP contribution in [-0.2, 0) is 4.79 Å². The van der Waals surface area contributed by atoms with Crippen LogP contribution in [0.15, 0.2) is 60.7 Å². The zero-order valence-corrected chi connectivity index (χ0v) is 12.5. The molecule has 0 aliphatic carbocycles. The van der Waals surface area contributed by atoms with E-state index in [1.165, 1.54) is 22.9 Å². The number of carbonyl (C=O) groups excluding carboxylic acids is 1. The zero-order chi connectivity index (χ0) is 13.9. The van der Waals surface area contributed by atoms with E-state index >= 15 is 0 Å². The lowest BCUT2D eigenvalue weighted by Gasteiger charge is -2.23. The van der Waals surface area contributed by atoms with E-state index in [4.69, 9.17) is 12.2 Å². The number of thioether (sulfide) groups is 1. The Bertz CT molecular complexity index is 582. The van der Waals surface area contributed by atoms with Crippen LogP contribution in [0.25, 0.3) is 0 Å². The Hall–Kier alpha value is -1.45. The minimum atomic E-state index is 0.0712. The van der Waals surface area contributed by atoms with Gasteiger partial charge in [0.25, 0.3) is 0 Å². The lowest BCUT2D eigenvalue weighted by Crippen LogP contribution is -2.22. The van der Waals surface area contributed by atoms with Gasteiger partial charge in [-0.3, -0.25) is 4.79 Å². The summed E-state index contributed by atoms with van der Waals surface area (Å²) in [4.78, 5) is 12.4. The molecular formula is C17H14OS2. The molecule has 1 aliphatic heterocycles. The number of rotatable bonds is 3. The van der Waals surface area contributed by atoms with E-state index in [2.05, 4.69) is 24.3 Å². The number of hydrogen-bond donors (Lipinski definition) is 0. The molecule has 1 aliphatic rings. The van der Waals surface area contributed by atoms with Crippen molar-refractivity contribution in [3.8, 4) is 0 Å². The number of thiocarbonyl (C=S) groups is 1. The summed E-state index contributed by atoms with van der Waals surface area (Å²) in [7, 11) is 0. The molecule has 2 aromatic carbocycles. The van der Waals surface area contributed by atoms with Crippen molar-refractivity contribution in [2.75, 3.05) is 5.75 Å². The van der Waals surface area contributed by atoms with Crippen LogP contribution < -0.4 is 0 Å². The number of hydrogen-bond acceptors (Lipinski definition) is 3. The van der Waals surface area contributed by atoms with Crippen molar-refractivity contribution < 1.29 is 4.79 Å². The molecule has 0 bridgehead atoms. The van der Waals surface area contributed by atoms with Crippen LogP contribution in [0.5, 0.6) is 0 Å². The van der Waals surface area contributed by atoms with Crippen LogP contribution in [0.1, 0.15) is 17.0 Å². The number of carbonyl (C=O) groups is 1. The Morgan fingerprint density at radius 2 is 1.45 bits per heavy atom. The van der Waals surface area contributed by atoms with E-state index in [-0.39, 0.29) is 17.0 Å². The van der Waals surface area contributed by atoms with Crippen LogP contribution in [0.2, 0.25) is 0 Å². The van der Waals surface area contributed by atoms with Gasteiger partial charge in [0.05, 0.1) is 4.86 Å². The highest BCUT2D eigenvalue weighted by atomic mass is 32.2. The summed E-state index contributed by atoms with van der Waals surface area (Å²) < 4.78 is 0. The van der Waals surface area contributed by atoms with Gasteiger partial charge in [0.15, 0.2) is 0 Å². The van der Waals surface area contributed by atoms with Crippen LogP contribution in [0, 0.1) is 5.92 Å². The van der Waals surface area contributed by atoms with Crippen molar-refractivity contribution in [3.63, 3.8) is 0 Å². The van der Waals surface area contributed by atoms with Crippen molar-refractivity contribution >= 4 is 34.0 Å². The van der Waals surface area contributed by atoms with E-state index in [9.17, 15) is 4.79 Å². The fourth-order valence-electron chi connectivity index (χ4n) is 2.69. The van der Waals surface area contributed by atoms with Gasteiger partial charge < -0.3 is 0 Å². The van der Waals surface area contributed by atoms with Crippen LogP contribution in [0.4, 0.5) is 0 Å². The van der Waals surface area contributed by atoms with Gasteiger partial charge >= 0.3 is 0 Å². The highest BCUT2D eigenvalue weighted by Gasteiger charge is 2.36. The highest BCUT2D eigenvalue weighted by molar-refractivity contribution is 8.18. The quantitative estimate of drug-likeness (QED) is 0.795. The molecule has 2 aromatic rings. The van der Waals surface area contributed by atoms with E-state index < -0.39 is 0 Å². The van der Waals surface area contributed by atoms with Gasteiger partial charge in [-0.15, -0.1) is 0 Å². The summed E-state index contributed by atoms with van der Waals surface area (Å²) in [6.45, 7) is 0. The summed E-state index contributed by atoms with van der Waals surface area (Å²) in [6.07, 6.45) is 0. The predicted octanol–water partition coefficient (Wildman–Crippen LogP) is 4.08. The topological polar surface area (TPSA) is 17.1 Å². The van der Waals surface area contributed by atoms with Gasteiger partial charge in [-0.25, -0.2) is 0 Å². The zero-order valence-electron chi connectivity index (χ0n) is 10.9.